The number of hydrogen-bond acceptors (Lipinski definition) is 6. The fourth-order valence-corrected chi connectivity index (χ4v) is 7.05. The van der Waals surface area contributed by atoms with Crippen molar-refractivity contribution in [2.24, 2.45) is 14.1 Å². The van der Waals surface area contributed by atoms with Gasteiger partial charge in [0.2, 0.25) is 0 Å². The van der Waals surface area contributed by atoms with Gasteiger partial charge in [0.25, 0.3) is 10.0 Å². The Kier molecular flexibility index (Phi) is 5.29. The lowest BCUT2D eigenvalue weighted by Gasteiger charge is -2.23. The van der Waals surface area contributed by atoms with Crippen LogP contribution in [0.15, 0.2) is 76.8 Å². The van der Waals surface area contributed by atoms with Crippen LogP contribution in [0.2, 0.25) is 0 Å². The Balaban J connectivity index is 1.61. The first-order chi connectivity index (χ1) is 18.9. The van der Waals surface area contributed by atoms with E-state index in [2.05, 4.69) is 10.1 Å². The second kappa shape index (κ2) is 8.65. The third kappa shape index (κ3) is 3.50. The van der Waals surface area contributed by atoms with Crippen LogP contribution in [0.5, 0.6) is 0 Å². The molecule has 0 saturated carbocycles. The number of benzene rings is 2. The number of fused-ring (bicyclic) bond motifs is 4. The quantitative estimate of drug-likeness (QED) is 0.335. The first-order valence-corrected chi connectivity index (χ1v) is 14.2. The van der Waals surface area contributed by atoms with Crippen LogP contribution in [0, 0.1) is 0 Å². The Bertz CT molecular complexity index is 2060. The molecule has 6 aromatic rings. The lowest BCUT2D eigenvalue weighted by molar-refractivity contribution is 0.0697. The summed E-state index contributed by atoms with van der Waals surface area (Å²) in [4.78, 5) is 18.4. The molecule has 39 heavy (non-hydrogen) atoms. The summed E-state index contributed by atoms with van der Waals surface area (Å²) in [6.45, 7) is 1.13. The van der Waals surface area contributed by atoms with Crippen molar-refractivity contribution >= 4 is 43.0 Å². The van der Waals surface area contributed by atoms with Crippen molar-refractivity contribution in [1.82, 2.24) is 27.9 Å². The number of nitrogens with zero attached hydrogens (tertiary/aromatic N) is 6. The smallest absolute Gasteiger partial charge is 0.329 e. The first-order valence-electron chi connectivity index (χ1n) is 12.8. The molecule has 0 N–H and O–H groups in total. The molecule has 2 aromatic carbocycles. The molecule has 198 valence electrons. The van der Waals surface area contributed by atoms with Gasteiger partial charge in [0.15, 0.2) is 5.65 Å². The van der Waals surface area contributed by atoms with Crippen molar-refractivity contribution in [3.8, 4) is 11.1 Å². The standard InChI is InChI=1S/C28H26N6O4S/c1-31-24-16-29-27-25(26(24)34(28(31)35)20-10-12-38-13-11-20)22(18-8-9-23-19(14-18)15-30-32(23)2)17-33(27)39(36,37)21-6-4-3-5-7-21/h3-9,14-17,20H,10-13H2,1-2H3. The summed E-state index contributed by atoms with van der Waals surface area (Å²) in [7, 11) is -0.369. The highest BCUT2D eigenvalue weighted by molar-refractivity contribution is 7.90. The maximum atomic E-state index is 13.9. The van der Waals surface area contributed by atoms with Crippen LogP contribution < -0.4 is 5.69 Å². The number of hydrogen-bond donors (Lipinski definition) is 0. The fourth-order valence-electron chi connectivity index (χ4n) is 5.71. The largest absolute Gasteiger partial charge is 0.381 e. The minimum atomic E-state index is -3.98. The Morgan fingerprint density at radius 2 is 1.74 bits per heavy atom. The zero-order chi connectivity index (χ0) is 26.9. The molecule has 10 nitrogen and oxygen atoms in total. The predicted octanol–water partition coefficient (Wildman–Crippen LogP) is 3.83. The van der Waals surface area contributed by atoms with Gasteiger partial charge >= 0.3 is 5.69 Å². The van der Waals surface area contributed by atoms with E-state index in [1.54, 1.807) is 65.2 Å². The summed E-state index contributed by atoms with van der Waals surface area (Å²) in [6.07, 6.45) is 6.40. The van der Waals surface area contributed by atoms with Crippen LogP contribution in [0.4, 0.5) is 0 Å². The van der Waals surface area contributed by atoms with E-state index >= 15 is 0 Å². The second-order valence-electron chi connectivity index (χ2n) is 9.94. The van der Waals surface area contributed by atoms with Gasteiger partial charge in [-0.05, 0) is 42.7 Å². The summed E-state index contributed by atoms with van der Waals surface area (Å²) in [5.74, 6) is 0. The van der Waals surface area contributed by atoms with Gasteiger partial charge in [-0.1, -0.05) is 24.3 Å². The van der Waals surface area contributed by atoms with Crippen LogP contribution in [-0.2, 0) is 28.9 Å². The first kappa shape index (κ1) is 23.9. The van der Waals surface area contributed by atoms with Crippen molar-refractivity contribution in [3.63, 3.8) is 0 Å². The lowest BCUT2D eigenvalue weighted by atomic mass is 10.0. The maximum absolute atomic E-state index is 13.9. The molecule has 1 saturated heterocycles. The highest BCUT2D eigenvalue weighted by atomic mass is 32.2. The van der Waals surface area contributed by atoms with Gasteiger partial charge in [0, 0.05) is 50.5 Å². The van der Waals surface area contributed by atoms with E-state index in [1.807, 2.05) is 29.8 Å². The molecule has 1 fully saturated rings. The maximum Gasteiger partial charge on any atom is 0.329 e. The fraction of sp³-hybridized carbons (Fsp3) is 0.250. The van der Waals surface area contributed by atoms with Gasteiger partial charge in [0.1, 0.15) is 0 Å². The Morgan fingerprint density at radius 1 is 0.974 bits per heavy atom. The second-order valence-corrected chi connectivity index (χ2v) is 11.8. The van der Waals surface area contributed by atoms with Crippen LogP contribution in [0.1, 0.15) is 18.9 Å². The van der Waals surface area contributed by atoms with Crippen molar-refractivity contribution < 1.29 is 13.2 Å². The van der Waals surface area contributed by atoms with Gasteiger partial charge in [0.05, 0.1) is 39.2 Å². The number of imidazole rings is 1. The number of rotatable bonds is 4. The average Bonchev–Trinajstić information content (AvgIpc) is 3.62. The predicted molar refractivity (Wildman–Crippen MR) is 148 cm³/mol. The van der Waals surface area contributed by atoms with Crippen LogP contribution >= 0.6 is 0 Å². The van der Waals surface area contributed by atoms with Crippen LogP contribution in [-0.4, -0.2) is 49.5 Å². The van der Waals surface area contributed by atoms with Gasteiger partial charge < -0.3 is 4.74 Å². The van der Waals surface area contributed by atoms with Gasteiger partial charge in [-0.15, -0.1) is 0 Å². The van der Waals surface area contributed by atoms with E-state index in [9.17, 15) is 13.2 Å². The topological polar surface area (TPSA) is 106 Å². The van der Waals surface area contributed by atoms with Crippen molar-refractivity contribution in [2.45, 2.75) is 23.8 Å². The Labute approximate surface area is 223 Å². The minimum absolute atomic E-state index is 0.0664. The monoisotopic (exact) mass is 542 g/mol. The molecule has 7 rings (SSSR count). The molecule has 0 atom stereocenters. The molecule has 1 aliphatic heterocycles. The van der Waals surface area contributed by atoms with Crippen LogP contribution in [0.25, 0.3) is 44.1 Å². The Morgan fingerprint density at radius 3 is 2.51 bits per heavy atom. The third-order valence-electron chi connectivity index (χ3n) is 7.75. The van der Waals surface area contributed by atoms with Gasteiger partial charge in [-0.25, -0.2) is 22.2 Å². The van der Waals surface area contributed by atoms with E-state index in [4.69, 9.17) is 4.74 Å². The highest BCUT2D eigenvalue weighted by Crippen LogP contribution is 2.39. The zero-order valence-corrected chi connectivity index (χ0v) is 22.3. The van der Waals surface area contributed by atoms with E-state index in [0.29, 0.717) is 48.0 Å². The van der Waals surface area contributed by atoms with Crippen LogP contribution in [0.3, 0.4) is 0 Å². The van der Waals surface area contributed by atoms with E-state index in [0.717, 1.165) is 16.5 Å². The van der Waals surface area contributed by atoms with Gasteiger partial charge in [-0.3, -0.25) is 13.8 Å². The molecule has 11 heteroatoms. The molecule has 0 spiro atoms. The van der Waals surface area contributed by atoms with E-state index < -0.39 is 10.0 Å². The lowest BCUT2D eigenvalue weighted by Crippen LogP contribution is -2.29. The molecule has 5 heterocycles. The number of pyridine rings is 1. The van der Waals surface area contributed by atoms with Crippen molar-refractivity contribution in [2.75, 3.05) is 13.2 Å². The summed E-state index contributed by atoms with van der Waals surface area (Å²) < 4.78 is 39.9. The van der Waals surface area contributed by atoms with Crippen molar-refractivity contribution in [3.05, 3.63) is 77.6 Å². The minimum Gasteiger partial charge on any atom is -0.381 e. The number of aryl methyl sites for hydroxylation is 2. The molecule has 0 radical (unpaired) electrons. The van der Waals surface area contributed by atoms with E-state index in [-0.39, 0.29) is 22.3 Å². The molecule has 4 aromatic heterocycles. The molecule has 0 amide bonds. The average molecular weight is 543 g/mol. The highest BCUT2D eigenvalue weighted by Gasteiger charge is 2.29. The molecule has 0 bridgehead atoms. The number of ether oxygens (including phenoxy) is 1. The molecular formula is C28H26N6O4S. The number of aromatic nitrogens is 6. The summed E-state index contributed by atoms with van der Waals surface area (Å²) in [5.41, 5.74) is 3.91. The summed E-state index contributed by atoms with van der Waals surface area (Å²) in [5, 5.41) is 5.91. The molecular weight excluding hydrogens is 516 g/mol. The molecule has 1 aliphatic rings. The molecule has 0 unspecified atom stereocenters. The Hall–Kier alpha value is -4.22. The van der Waals surface area contributed by atoms with Crippen molar-refractivity contribution in [1.29, 1.82) is 0 Å². The third-order valence-corrected chi connectivity index (χ3v) is 9.41. The normalized spacial score (nSPS) is 15.1. The summed E-state index contributed by atoms with van der Waals surface area (Å²) >= 11 is 0. The zero-order valence-electron chi connectivity index (χ0n) is 21.5. The van der Waals surface area contributed by atoms with Gasteiger partial charge in [-0.2, -0.15) is 5.10 Å². The molecule has 0 aliphatic carbocycles. The SMILES string of the molecule is Cn1ncc2cc(-c3cn(S(=O)(=O)c4ccccc4)c4ncc5c(c34)n(C3CCOCC3)c(=O)n5C)ccc21. The van der Waals surface area contributed by atoms with E-state index in [1.165, 1.54) is 3.97 Å². The summed E-state index contributed by atoms with van der Waals surface area (Å²) in [6, 6.07) is 14.2.